The van der Waals surface area contributed by atoms with E-state index in [4.69, 9.17) is 15.6 Å². The number of nitrogens with two attached hydrogens (primary N) is 1. The fraction of sp³-hybridized carbons (Fsp3) is 0.714. The first-order valence-corrected chi connectivity index (χ1v) is 3.51. The number of aliphatic hydroxyl groups is 1. The SMILES string of the molecule is NC(CO)C1=COCCC1. The standard InChI is InChI=1S/C7H13NO2/c8-7(4-9)6-2-1-3-10-5-6/h5,7,9H,1-4,8H2. The average Bonchev–Trinajstić information content (AvgIpc) is 2.05. The van der Waals surface area contributed by atoms with Gasteiger partial charge in [0.15, 0.2) is 0 Å². The average molecular weight is 143 g/mol. The highest BCUT2D eigenvalue weighted by molar-refractivity contribution is 5.08. The zero-order valence-electron chi connectivity index (χ0n) is 5.92. The molecule has 0 spiro atoms. The van der Waals surface area contributed by atoms with Crippen molar-refractivity contribution in [1.82, 2.24) is 0 Å². The molecule has 0 aliphatic carbocycles. The Kier molecular flexibility index (Phi) is 2.71. The molecule has 0 aromatic carbocycles. The Bertz CT molecular complexity index is 134. The zero-order valence-corrected chi connectivity index (χ0v) is 5.92. The Morgan fingerprint density at radius 1 is 1.80 bits per heavy atom. The van der Waals surface area contributed by atoms with Gasteiger partial charge < -0.3 is 15.6 Å². The summed E-state index contributed by atoms with van der Waals surface area (Å²) in [6.07, 6.45) is 3.64. The summed E-state index contributed by atoms with van der Waals surface area (Å²) in [5.74, 6) is 0. The van der Waals surface area contributed by atoms with Crippen molar-refractivity contribution in [3.8, 4) is 0 Å². The maximum atomic E-state index is 8.67. The van der Waals surface area contributed by atoms with E-state index in [1.54, 1.807) is 6.26 Å². The highest BCUT2D eigenvalue weighted by Gasteiger charge is 2.10. The van der Waals surface area contributed by atoms with Gasteiger partial charge in [-0.15, -0.1) is 0 Å². The summed E-state index contributed by atoms with van der Waals surface area (Å²) < 4.78 is 5.05. The van der Waals surface area contributed by atoms with E-state index in [0.29, 0.717) is 0 Å². The Balaban J connectivity index is 2.44. The van der Waals surface area contributed by atoms with E-state index in [1.807, 2.05) is 0 Å². The van der Waals surface area contributed by atoms with Crippen LogP contribution in [0.4, 0.5) is 0 Å². The van der Waals surface area contributed by atoms with Gasteiger partial charge in [-0.25, -0.2) is 0 Å². The summed E-state index contributed by atoms with van der Waals surface area (Å²) in [4.78, 5) is 0. The minimum absolute atomic E-state index is 0.00912. The van der Waals surface area contributed by atoms with Gasteiger partial charge in [0.25, 0.3) is 0 Å². The molecule has 1 unspecified atom stereocenters. The van der Waals surface area contributed by atoms with Crippen LogP contribution < -0.4 is 5.73 Å². The molecule has 0 bridgehead atoms. The minimum atomic E-state index is -0.222. The van der Waals surface area contributed by atoms with Gasteiger partial charge in [0.1, 0.15) is 0 Å². The molecule has 58 valence electrons. The van der Waals surface area contributed by atoms with Gasteiger partial charge in [-0.05, 0) is 18.4 Å². The van der Waals surface area contributed by atoms with E-state index in [0.717, 1.165) is 25.0 Å². The van der Waals surface area contributed by atoms with Gasteiger partial charge in [-0.3, -0.25) is 0 Å². The molecule has 0 saturated carbocycles. The third-order valence-corrected chi connectivity index (χ3v) is 1.64. The van der Waals surface area contributed by atoms with E-state index >= 15 is 0 Å². The van der Waals surface area contributed by atoms with E-state index in [2.05, 4.69) is 0 Å². The predicted octanol–water partition coefficient (Wildman–Crippen LogP) is 0.000300. The van der Waals surface area contributed by atoms with Gasteiger partial charge >= 0.3 is 0 Å². The fourth-order valence-electron chi connectivity index (χ4n) is 0.975. The lowest BCUT2D eigenvalue weighted by Gasteiger charge is -2.17. The molecule has 0 amide bonds. The molecule has 10 heavy (non-hydrogen) atoms. The first-order valence-electron chi connectivity index (χ1n) is 3.51. The summed E-state index contributed by atoms with van der Waals surface area (Å²) in [5.41, 5.74) is 6.57. The third-order valence-electron chi connectivity index (χ3n) is 1.64. The summed E-state index contributed by atoms with van der Waals surface area (Å²) in [5, 5.41) is 8.67. The predicted molar refractivity (Wildman–Crippen MR) is 38.3 cm³/mol. The van der Waals surface area contributed by atoms with Crippen LogP contribution in [0.3, 0.4) is 0 Å². The van der Waals surface area contributed by atoms with Crippen LogP contribution in [-0.2, 0) is 4.74 Å². The van der Waals surface area contributed by atoms with E-state index < -0.39 is 0 Å². The monoisotopic (exact) mass is 143 g/mol. The molecule has 0 saturated heterocycles. The lowest BCUT2D eigenvalue weighted by molar-refractivity contribution is 0.211. The Labute approximate surface area is 60.5 Å². The van der Waals surface area contributed by atoms with Crippen molar-refractivity contribution in [3.63, 3.8) is 0 Å². The number of hydrogen-bond acceptors (Lipinski definition) is 3. The van der Waals surface area contributed by atoms with Crippen molar-refractivity contribution < 1.29 is 9.84 Å². The van der Waals surface area contributed by atoms with Crippen molar-refractivity contribution >= 4 is 0 Å². The summed E-state index contributed by atoms with van der Waals surface area (Å²) in [6.45, 7) is 0.789. The van der Waals surface area contributed by atoms with Gasteiger partial charge in [-0.2, -0.15) is 0 Å². The number of hydrogen-bond donors (Lipinski definition) is 2. The smallest absolute Gasteiger partial charge is 0.0876 e. The van der Waals surface area contributed by atoms with Gasteiger partial charge in [-0.1, -0.05) is 0 Å². The van der Waals surface area contributed by atoms with Crippen molar-refractivity contribution in [3.05, 3.63) is 11.8 Å². The maximum Gasteiger partial charge on any atom is 0.0876 e. The summed E-state index contributed by atoms with van der Waals surface area (Å²) in [6, 6.07) is -0.222. The van der Waals surface area contributed by atoms with Crippen LogP contribution in [0.15, 0.2) is 11.8 Å². The van der Waals surface area contributed by atoms with Gasteiger partial charge in [0.2, 0.25) is 0 Å². The number of rotatable bonds is 2. The quantitative estimate of drug-likeness (QED) is 0.572. The van der Waals surface area contributed by atoms with Gasteiger partial charge in [0.05, 0.1) is 25.5 Å². The normalized spacial score (nSPS) is 21.2. The fourth-order valence-corrected chi connectivity index (χ4v) is 0.975. The second-order valence-corrected chi connectivity index (χ2v) is 2.46. The Hall–Kier alpha value is -0.540. The molecule has 1 heterocycles. The Morgan fingerprint density at radius 3 is 3.10 bits per heavy atom. The molecule has 3 N–H and O–H groups in total. The van der Waals surface area contributed by atoms with Crippen LogP contribution in [0.1, 0.15) is 12.8 Å². The minimum Gasteiger partial charge on any atom is -0.501 e. The van der Waals surface area contributed by atoms with Crippen LogP contribution >= 0.6 is 0 Å². The number of aliphatic hydroxyl groups excluding tert-OH is 1. The van der Waals surface area contributed by atoms with Crippen molar-refractivity contribution in [2.24, 2.45) is 5.73 Å². The van der Waals surface area contributed by atoms with Crippen LogP contribution in [-0.4, -0.2) is 24.4 Å². The van der Waals surface area contributed by atoms with Crippen molar-refractivity contribution in [2.75, 3.05) is 13.2 Å². The number of ether oxygens (including phenoxy) is 1. The first-order chi connectivity index (χ1) is 4.84. The molecule has 1 aliphatic heterocycles. The molecule has 1 aliphatic rings. The molecule has 1 rings (SSSR count). The van der Waals surface area contributed by atoms with Crippen LogP contribution in [0.25, 0.3) is 0 Å². The lowest BCUT2D eigenvalue weighted by atomic mass is 10.0. The molecule has 0 fully saturated rings. The molecule has 0 aromatic heterocycles. The third kappa shape index (κ3) is 1.72. The maximum absolute atomic E-state index is 8.67. The topological polar surface area (TPSA) is 55.5 Å². The van der Waals surface area contributed by atoms with Crippen LogP contribution in [0.2, 0.25) is 0 Å². The molecule has 0 radical (unpaired) electrons. The molecule has 3 nitrogen and oxygen atoms in total. The lowest BCUT2D eigenvalue weighted by Crippen LogP contribution is -2.28. The molecule has 3 heteroatoms. The van der Waals surface area contributed by atoms with Crippen LogP contribution in [0.5, 0.6) is 0 Å². The van der Waals surface area contributed by atoms with E-state index in [1.165, 1.54) is 0 Å². The molecule has 1 atom stereocenters. The second kappa shape index (κ2) is 3.58. The first kappa shape index (κ1) is 7.57. The van der Waals surface area contributed by atoms with E-state index in [9.17, 15) is 0 Å². The van der Waals surface area contributed by atoms with Crippen molar-refractivity contribution in [2.45, 2.75) is 18.9 Å². The molecular weight excluding hydrogens is 130 g/mol. The van der Waals surface area contributed by atoms with Crippen LogP contribution in [0, 0.1) is 0 Å². The highest BCUT2D eigenvalue weighted by atomic mass is 16.5. The highest BCUT2D eigenvalue weighted by Crippen LogP contribution is 2.13. The van der Waals surface area contributed by atoms with E-state index in [-0.39, 0.29) is 12.6 Å². The van der Waals surface area contributed by atoms with Gasteiger partial charge in [0, 0.05) is 0 Å². The summed E-state index contributed by atoms with van der Waals surface area (Å²) >= 11 is 0. The largest absolute Gasteiger partial charge is 0.501 e. The zero-order chi connectivity index (χ0) is 7.40. The second-order valence-electron chi connectivity index (χ2n) is 2.46. The Morgan fingerprint density at radius 2 is 2.60 bits per heavy atom. The van der Waals surface area contributed by atoms with Crippen molar-refractivity contribution in [1.29, 1.82) is 0 Å². The molecule has 0 aromatic rings. The molecular formula is C7H13NO2. The summed E-state index contributed by atoms with van der Waals surface area (Å²) in [7, 11) is 0.